The number of nitrogen functional groups attached to an aromatic ring is 1. The summed E-state index contributed by atoms with van der Waals surface area (Å²) in [4.78, 5) is 4.46. The third-order valence-corrected chi connectivity index (χ3v) is 5.65. The number of aromatic nitrogens is 3. The zero-order valence-corrected chi connectivity index (χ0v) is 14.5. The van der Waals surface area contributed by atoms with Gasteiger partial charge in [0.25, 0.3) is 0 Å². The van der Waals surface area contributed by atoms with Gasteiger partial charge in [0.1, 0.15) is 23.8 Å². The lowest BCUT2D eigenvalue weighted by Gasteiger charge is -2.28. The molecular weight excluding hydrogens is 336 g/mol. The molecule has 2 aliphatic rings. The summed E-state index contributed by atoms with van der Waals surface area (Å²) in [5.74, 6) is 1.30. The number of aliphatic hydroxyl groups excluding tert-OH is 3. The Kier molecular flexibility index (Phi) is 4.23. The molecule has 1 aliphatic heterocycles. The second kappa shape index (κ2) is 6.31. The molecule has 0 radical (unpaired) electrons. The first-order valence-electron chi connectivity index (χ1n) is 8.96. The fourth-order valence-corrected chi connectivity index (χ4v) is 4.17. The molecule has 8 heteroatoms. The van der Waals surface area contributed by atoms with Gasteiger partial charge < -0.3 is 25.8 Å². The van der Waals surface area contributed by atoms with Crippen LogP contribution in [0.4, 0.5) is 5.82 Å². The number of rotatable bonds is 4. The highest BCUT2D eigenvalue weighted by molar-refractivity contribution is 5.66. The van der Waals surface area contributed by atoms with Crippen molar-refractivity contribution in [3.8, 4) is 0 Å². The van der Waals surface area contributed by atoms with Crippen LogP contribution in [0, 0.1) is 0 Å². The summed E-state index contributed by atoms with van der Waals surface area (Å²) < 4.78 is 7.46. The molecule has 4 atom stereocenters. The van der Waals surface area contributed by atoms with Gasteiger partial charge in [0.15, 0.2) is 17.2 Å². The van der Waals surface area contributed by atoms with Crippen LogP contribution < -0.4 is 5.73 Å². The largest absolute Gasteiger partial charge is 0.394 e. The molecule has 0 bridgehead atoms. The number of nitrogens with zero attached hydrogens (tertiary/aromatic N) is 3. The Morgan fingerprint density at radius 1 is 1.35 bits per heavy atom. The average Bonchev–Trinajstić information content (AvgIpc) is 3.36. The van der Waals surface area contributed by atoms with Crippen molar-refractivity contribution < 1.29 is 20.1 Å². The van der Waals surface area contributed by atoms with Crippen molar-refractivity contribution >= 4 is 11.3 Å². The number of hydrogen-bond donors (Lipinski definition) is 4. The van der Waals surface area contributed by atoms with Crippen LogP contribution in [0.25, 0.3) is 5.52 Å². The van der Waals surface area contributed by atoms with Gasteiger partial charge in [0, 0.05) is 5.92 Å². The Labute approximate surface area is 150 Å². The van der Waals surface area contributed by atoms with Gasteiger partial charge in [0.2, 0.25) is 0 Å². The van der Waals surface area contributed by atoms with E-state index in [9.17, 15) is 15.3 Å². The molecule has 1 saturated carbocycles. The number of nitrogens with two attached hydrogens (primary N) is 1. The second-order valence-corrected chi connectivity index (χ2v) is 7.12. The summed E-state index contributed by atoms with van der Waals surface area (Å²) in [6.45, 7) is 3.37. The van der Waals surface area contributed by atoms with Gasteiger partial charge in [-0.3, -0.25) is 0 Å². The van der Waals surface area contributed by atoms with Gasteiger partial charge in [0.05, 0.1) is 12.3 Å². The molecule has 3 heterocycles. The lowest BCUT2D eigenvalue weighted by atomic mass is 9.91. The van der Waals surface area contributed by atoms with Crippen LogP contribution in [0.5, 0.6) is 0 Å². The summed E-state index contributed by atoms with van der Waals surface area (Å²) in [6.07, 6.45) is 2.34. The van der Waals surface area contributed by atoms with E-state index in [2.05, 4.69) is 16.7 Å². The van der Waals surface area contributed by atoms with Crippen molar-refractivity contribution in [1.82, 2.24) is 14.6 Å². The number of fused-ring (bicyclic) bond motifs is 1. The van der Waals surface area contributed by atoms with E-state index in [1.807, 2.05) is 0 Å². The first-order valence-corrected chi connectivity index (χ1v) is 8.96. The second-order valence-electron chi connectivity index (χ2n) is 7.12. The molecule has 0 amide bonds. The molecular formula is C18H24N4O4. The average molecular weight is 360 g/mol. The predicted molar refractivity (Wildman–Crippen MR) is 94.5 cm³/mol. The van der Waals surface area contributed by atoms with Crippen LogP contribution in [-0.2, 0) is 10.3 Å². The first kappa shape index (κ1) is 17.4. The van der Waals surface area contributed by atoms with Crippen molar-refractivity contribution in [3.05, 3.63) is 36.3 Å². The molecule has 2 aromatic heterocycles. The molecule has 0 aromatic carbocycles. The Balaban J connectivity index is 1.86. The van der Waals surface area contributed by atoms with Crippen LogP contribution in [0.15, 0.2) is 24.8 Å². The zero-order valence-electron chi connectivity index (χ0n) is 14.5. The number of anilines is 1. The van der Waals surface area contributed by atoms with E-state index < -0.39 is 30.5 Å². The maximum atomic E-state index is 10.6. The summed E-state index contributed by atoms with van der Waals surface area (Å²) in [6, 6.07) is 3.49. The van der Waals surface area contributed by atoms with E-state index in [0.717, 1.165) is 25.7 Å². The van der Waals surface area contributed by atoms with Crippen LogP contribution >= 0.6 is 0 Å². The number of aliphatic hydroxyl groups is 3. The standard InChI is InChI=1S/C18H24N4O4/c1-2-18(15(25)14(24)12(9-23)26-18)13-8-7-11-16(19)20-17(21-22(11)13)10-5-3-4-6-10/h2,7-8,10,12,14-15,23-25H,1,3-6,9H2,(H2,19,20,21)/t12-,14-,15-,18+/m1/s1. The van der Waals surface area contributed by atoms with Crippen molar-refractivity contribution in [2.24, 2.45) is 0 Å². The summed E-state index contributed by atoms with van der Waals surface area (Å²) in [5, 5.41) is 35.0. The van der Waals surface area contributed by atoms with E-state index in [1.54, 1.807) is 16.6 Å². The monoisotopic (exact) mass is 360 g/mol. The van der Waals surface area contributed by atoms with E-state index >= 15 is 0 Å². The highest BCUT2D eigenvalue weighted by Crippen LogP contribution is 2.42. The topological polar surface area (TPSA) is 126 Å². The summed E-state index contributed by atoms with van der Waals surface area (Å²) in [7, 11) is 0. The molecule has 140 valence electrons. The van der Waals surface area contributed by atoms with Crippen molar-refractivity contribution in [2.75, 3.05) is 12.3 Å². The SMILES string of the molecule is C=C[C@@]1(c2ccc3c(N)nc(C4CCCC4)nn23)O[C@H](CO)[C@@H](O)[C@H]1O. The molecule has 5 N–H and O–H groups in total. The van der Waals surface area contributed by atoms with Crippen molar-refractivity contribution in [3.63, 3.8) is 0 Å². The molecule has 4 rings (SSSR count). The first-order chi connectivity index (χ1) is 12.5. The molecule has 2 fully saturated rings. The fraction of sp³-hybridized carbons (Fsp3) is 0.556. The molecule has 1 saturated heterocycles. The Hall–Kier alpha value is -2.00. The van der Waals surface area contributed by atoms with Gasteiger partial charge in [-0.25, -0.2) is 9.50 Å². The molecule has 8 nitrogen and oxygen atoms in total. The maximum absolute atomic E-state index is 10.6. The van der Waals surface area contributed by atoms with Gasteiger partial charge >= 0.3 is 0 Å². The van der Waals surface area contributed by atoms with Crippen molar-refractivity contribution in [1.29, 1.82) is 0 Å². The maximum Gasteiger partial charge on any atom is 0.157 e. The van der Waals surface area contributed by atoms with E-state index in [1.165, 1.54) is 6.08 Å². The highest BCUT2D eigenvalue weighted by atomic mass is 16.6. The Morgan fingerprint density at radius 2 is 2.08 bits per heavy atom. The third kappa shape index (κ3) is 2.37. The molecule has 0 spiro atoms. The minimum Gasteiger partial charge on any atom is -0.394 e. The third-order valence-electron chi connectivity index (χ3n) is 5.65. The lowest BCUT2D eigenvalue weighted by molar-refractivity contribution is -0.0691. The predicted octanol–water partition coefficient (Wildman–Crippen LogP) is 0.463. The van der Waals surface area contributed by atoms with Gasteiger partial charge in [-0.1, -0.05) is 25.5 Å². The molecule has 1 aliphatic carbocycles. The zero-order chi connectivity index (χ0) is 18.5. The van der Waals surface area contributed by atoms with Crippen LogP contribution in [0.1, 0.15) is 43.1 Å². The fourth-order valence-electron chi connectivity index (χ4n) is 4.17. The van der Waals surface area contributed by atoms with Crippen molar-refractivity contribution in [2.45, 2.75) is 55.5 Å². The highest BCUT2D eigenvalue weighted by Gasteiger charge is 2.54. The quantitative estimate of drug-likeness (QED) is 0.584. The summed E-state index contributed by atoms with van der Waals surface area (Å²) >= 11 is 0. The molecule has 0 unspecified atom stereocenters. The number of ether oxygens (including phenoxy) is 1. The van der Waals surface area contributed by atoms with Crippen LogP contribution in [0.3, 0.4) is 0 Å². The van der Waals surface area contributed by atoms with Gasteiger partial charge in [-0.15, -0.1) is 0 Å². The number of hydrogen-bond acceptors (Lipinski definition) is 7. The normalized spacial score (nSPS) is 32.5. The minimum atomic E-state index is -1.40. The summed E-state index contributed by atoms with van der Waals surface area (Å²) in [5.41, 5.74) is 5.85. The Morgan fingerprint density at radius 3 is 2.69 bits per heavy atom. The lowest BCUT2D eigenvalue weighted by Crippen LogP contribution is -2.40. The van der Waals surface area contributed by atoms with Crippen LogP contribution in [-0.4, -0.2) is 54.8 Å². The Bertz CT molecular complexity index is 832. The minimum absolute atomic E-state index is 0.266. The van der Waals surface area contributed by atoms with Gasteiger partial charge in [-0.05, 0) is 25.0 Å². The van der Waals surface area contributed by atoms with E-state index in [-0.39, 0.29) is 5.92 Å². The van der Waals surface area contributed by atoms with E-state index in [4.69, 9.17) is 10.5 Å². The molecule has 2 aromatic rings. The smallest absolute Gasteiger partial charge is 0.157 e. The molecule has 26 heavy (non-hydrogen) atoms. The van der Waals surface area contributed by atoms with Crippen LogP contribution in [0.2, 0.25) is 0 Å². The van der Waals surface area contributed by atoms with Gasteiger partial charge in [-0.2, -0.15) is 5.10 Å². The van der Waals surface area contributed by atoms with E-state index in [0.29, 0.717) is 22.9 Å².